The van der Waals surface area contributed by atoms with Gasteiger partial charge in [0.15, 0.2) is 18.1 Å². The quantitative estimate of drug-likeness (QED) is 0.462. The third-order valence-electron chi connectivity index (χ3n) is 3.93. The van der Waals surface area contributed by atoms with Gasteiger partial charge in [-0.25, -0.2) is 4.79 Å². The van der Waals surface area contributed by atoms with Gasteiger partial charge in [0, 0.05) is 13.2 Å². The topological polar surface area (TPSA) is 107 Å². The number of nitrogens with one attached hydrogen (secondary N) is 1. The summed E-state index contributed by atoms with van der Waals surface area (Å²) in [6.07, 6.45) is 3.26. The highest BCUT2D eigenvalue weighted by Crippen LogP contribution is 2.33. The number of fused-ring (bicyclic) bond motifs is 1. The number of nitriles is 1. The molecule has 1 saturated heterocycles. The van der Waals surface area contributed by atoms with Crippen molar-refractivity contribution in [2.24, 2.45) is 0 Å². The van der Waals surface area contributed by atoms with Gasteiger partial charge < -0.3 is 24.3 Å². The van der Waals surface area contributed by atoms with Crippen LogP contribution in [-0.4, -0.2) is 44.5 Å². The number of esters is 1. The van der Waals surface area contributed by atoms with Crippen molar-refractivity contribution in [3.05, 3.63) is 29.3 Å². The minimum Gasteiger partial charge on any atom is -0.454 e. The standard InChI is InChI=1S/C18H18N2O6/c19-8-13(6-12-3-4-15-16(7-12)26-11-25-15)18(22)24-10-17(21)20-9-14-2-1-5-23-14/h3-4,6-7,14H,1-2,5,9-11H2,(H,20,21)/b13-6+/t14-/m1/s1. The average Bonchev–Trinajstić information content (AvgIpc) is 3.33. The van der Waals surface area contributed by atoms with E-state index in [4.69, 9.17) is 18.9 Å². The number of carbonyl (C=O) groups excluding carboxylic acids is 2. The second-order valence-electron chi connectivity index (χ2n) is 5.80. The van der Waals surface area contributed by atoms with Gasteiger partial charge in [0.05, 0.1) is 6.10 Å². The molecule has 0 aromatic heterocycles. The molecule has 1 aromatic rings. The lowest BCUT2D eigenvalue weighted by Crippen LogP contribution is -2.34. The Morgan fingerprint density at radius 2 is 2.19 bits per heavy atom. The minimum absolute atomic E-state index is 0.00947. The number of benzene rings is 1. The normalized spacial score (nSPS) is 18.3. The van der Waals surface area contributed by atoms with Crippen LogP contribution in [0.5, 0.6) is 11.5 Å². The van der Waals surface area contributed by atoms with Crippen LogP contribution in [0.2, 0.25) is 0 Å². The molecule has 3 rings (SSSR count). The van der Waals surface area contributed by atoms with Crippen LogP contribution in [0.1, 0.15) is 18.4 Å². The molecule has 0 radical (unpaired) electrons. The van der Waals surface area contributed by atoms with Gasteiger partial charge >= 0.3 is 5.97 Å². The van der Waals surface area contributed by atoms with Gasteiger partial charge in [-0.2, -0.15) is 5.26 Å². The summed E-state index contributed by atoms with van der Waals surface area (Å²) in [7, 11) is 0. The molecule has 2 heterocycles. The summed E-state index contributed by atoms with van der Waals surface area (Å²) in [5, 5.41) is 11.8. The first-order chi connectivity index (χ1) is 12.7. The molecule has 1 N–H and O–H groups in total. The smallest absolute Gasteiger partial charge is 0.349 e. The molecule has 26 heavy (non-hydrogen) atoms. The first-order valence-electron chi connectivity index (χ1n) is 8.22. The lowest BCUT2D eigenvalue weighted by Gasteiger charge is -2.10. The van der Waals surface area contributed by atoms with Crippen LogP contribution in [0.15, 0.2) is 23.8 Å². The zero-order valence-electron chi connectivity index (χ0n) is 14.0. The number of hydrogen-bond acceptors (Lipinski definition) is 7. The summed E-state index contributed by atoms with van der Waals surface area (Å²) in [4.78, 5) is 23.7. The molecule has 2 aliphatic rings. The van der Waals surface area contributed by atoms with Gasteiger partial charge in [-0.15, -0.1) is 0 Å². The van der Waals surface area contributed by atoms with E-state index in [1.165, 1.54) is 6.08 Å². The Hall–Kier alpha value is -3.05. The van der Waals surface area contributed by atoms with Crippen molar-refractivity contribution in [3.8, 4) is 17.6 Å². The Balaban J connectivity index is 1.51. The highest BCUT2D eigenvalue weighted by atomic mass is 16.7. The fourth-order valence-corrected chi connectivity index (χ4v) is 2.60. The van der Waals surface area contributed by atoms with Crippen molar-refractivity contribution in [2.75, 3.05) is 26.6 Å². The molecule has 0 spiro atoms. The van der Waals surface area contributed by atoms with Crippen LogP contribution in [-0.2, 0) is 19.1 Å². The maximum absolute atomic E-state index is 12.0. The molecular weight excluding hydrogens is 340 g/mol. The van der Waals surface area contributed by atoms with Crippen LogP contribution in [0.25, 0.3) is 6.08 Å². The summed E-state index contributed by atoms with van der Waals surface area (Å²) < 4.78 is 20.7. The van der Waals surface area contributed by atoms with E-state index in [1.54, 1.807) is 24.3 Å². The summed E-state index contributed by atoms with van der Waals surface area (Å²) in [6.45, 7) is 0.766. The zero-order valence-corrected chi connectivity index (χ0v) is 14.0. The second kappa shape index (κ2) is 8.36. The molecular formula is C18H18N2O6. The second-order valence-corrected chi connectivity index (χ2v) is 5.80. The molecule has 0 saturated carbocycles. The van der Waals surface area contributed by atoms with Crippen LogP contribution in [0, 0.1) is 11.3 Å². The SMILES string of the molecule is N#C/C(=C\c1ccc2c(c1)OCO2)C(=O)OCC(=O)NC[C@H]1CCCO1. The zero-order chi connectivity index (χ0) is 18.4. The van der Waals surface area contributed by atoms with E-state index >= 15 is 0 Å². The van der Waals surface area contributed by atoms with Crippen molar-refractivity contribution >= 4 is 18.0 Å². The fraction of sp³-hybridized carbons (Fsp3) is 0.389. The molecule has 1 aromatic carbocycles. The molecule has 0 unspecified atom stereocenters. The number of ether oxygens (including phenoxy) is 4. The number of rotatable bonds is 6. The Kier molecular flexibility index (Phi) is 5.71. The fourth-order valence-electron chi connectivity index (χ4n) is 2.60. The predicted octanol–water partition coefficient (Wildman–Crippen LogP) is 1.16. The lowest BCUT2D eigenvalue weighted by molar-refractivity contribution is -0.144. The van der Waals surface area contributed by atoms with Crippen molar-refractivity contribution in [2.45, 2.75) is 18.9 Å². The lowest BCUT2D eigenvalue weighted by atomic mass is 10.1. The number of hydrogen-bond donors (Lipinski definition) is 1. The van der Waals surface area contributed by atoms with Crippen LogP contribution >= 0.6 is 0 Å². The van der Waals surface area contributed by atoms with Crippen LogP contribution < -0.4 is 14.8 Å². The van der Waals surface area contributed by atoms with Gasteiger partial charge in [-0.05, 0) is 36.6 Å². The third-order valence-corrected chi connectivity index (χ3v) is 3.93. The van der Waals surface area contributed by atoms with Crippen LogP contribution in [0.4, 0.5) is 0 Å². The third kappa shape index (κ3) is 4.52. The first-order valence-corrected chi connectivity index (χ1v) is 8.22. The van der Waals surface area contributed by atoms with Gasteiger partial charge in [0.25, 0.3) is 5.91 Å². The highest BCUT2D eigenvalue weighted by Gasteiger charge is 2.18. The van der Waals surface area contributed by atoms with E-state index in [0.717, 1.165) is 12.8 Å². The molecule has 136 valence electrons. The van der Waals surface area contributed by atoms with Crippen molar-refractivity contribution in [1.29, 1.82) is 5.26 Å². The minimum atomic E-state index is -0.863. The molecule has 0 bridgehead atoms. The Labute approximate surface area is 150 Å². The Morgan fingerprint density at radius 3 is 2.96 bits per heavy atom. The van der Waals surface area contributed by atoms with Gasteiger partial charge in [-0.1, -0.05) is 6.07 Å². The van der Waals surface area contributed by atoms with Crippen LogP contribution in [0.3, 0.4) is 0 Å². The van der Waals surface area contributed by atoms with E-state index in [-0.39, 0.29) is 18.5 Å². The summed E-state index contributed by atoms with van der Waals surface area (Å²) in [5.41, 5.74) is 0.376. The largest absolute Gasteiger partial charge is 0.454 e. The number of nitrogens with zero attached hydrogens (tertiary/aromatic N) is 1. The molecule has 8 heteroatoms. The molecule has 1 fully saturated rings. The van der Waals surface area contributed by atoms with E-state index in [9.17, 15) is 14.9 Å². The van der Waals surface area contributed by atoms with Crippen molar-refractivity contribution in [3.63, 3.8) is 0 Å². The molecule has 1 atom stereocenters. The molecule has 1 amide bonds. The Bertz CT molecular complexity index is 761. The molecule has 8 nitrogen and oxygen atoms in total. The number of amides is 1. The summed E-state index contributed by atoms with van der Waals surface area (Å²) in [6, 6.07) is 6.81. The summed E-state index contributed by atoms with van der Waals surface area (Å²) >= 11 is 0. The maximum Gasteiger partial charge on any atom is 0.349 e. The Morgan fingerprint density at radius 1 is 1.35 bits per heavy atom. The van der Waals surface area contributed by atoms with E-state index in [1.807, 2.05) is 0 Å². The number of carbonyl (C=O) groups is 2. The predicted molar refractivity (Wildman–Crippen MR) is 89.1 cm³/mol. The average molecular weight is 358 g/mol. The van der Waals surface area contributed by atoms with E-state index in [0.29, 0.717) is 30.2 Å². The maximum atomic E-state index is 12.0. The van der Waals surface area contributed by atoms with E-state index in [2.05, 4.69) is 5.32 Å². The summed E-state index contributed by atoms with van der Waals surface area (Å²) in [5.74, 6) is -0.157. The monoisotopic (exact) mass is 358 g/mol. The molecule has 2 aliphatic heterocycles. The van der Waals surface area contributed by atoms with Crippen molar-refractivity contribution in [1.82, 2.24) is 5.32 Å². The van der Waals surface area contributed by atoms with Gasteiger partial charge in [0.2, 0.25) is 6.79 Å². The first kappa shape index (κ1) is 17.8. The van der Waals surface area contributed by atoms with E-state index < -0.39 is 18.5 Å². The molecule has 0 aliphatic carbocycles. The van der Waals surface area contributed by atoms with Gasteiger partial charge in [-0.3, -0.25) is 4.79 Å². The van der Waals surface area contributed by atoms with Crippen molar-refractivity contribution < 1.29 is 28.5 Å². The van der Waals surface area contributed by atoms with Gasteiger partial charge in [0.1, 0.15) is 11.6 Å². The highest BCUT2D eigenvalue weighted by molar-refractivity contribution is 5.98.